The molecule has 81 heavy (non-hydrogen) atoms. The fourth-order valence-electron chi connectivity index (χ4n) is 10.5. The summed E-state index contributed by atoms with van der Waals surface area (Å²) in [5.41, 5.74) is 0. The Morgan fingerprint density at radius 1 is 0.370 bits per heavy atom. The molecule has 0 bridgehead atoms. The topological polar surface area (TPSA) is 111 Å². The van der Waals surface area contributed by atoms with Gasteiger partial charge >= 0.3 is 11.9 Å². The zero-order valence-electron chi connectivity index (χ0n) is 54.4. The highest BCUT2D eigenvalue weighted by atomic mass is 16.7. The largest absolute Gasteiger partial charge is 0.545 e. The molecular weight excluding hydrogens is 1010 g/mol. The third-order valence-corrected chi connectivity index (χ3v) is 15.9. The number of carboxylic acid groups (broad SMARTS) is 1. The van der Waals surface area contributed by atoms with Crippen LogP contribution in [0.1, 0.15) is 348 Å². The van der Waals surface area contributed by atoms with E-state index < -0.39 is 24.3 Å². The highest BCUT2D eigenvalue weighted by Gasteiger charge is 2.22. The summed E-state index contributed by atoms with van der Waals surface area (Å²) in [4.78, 5) is 37.4. The van der Waals surface area contributed by atoms with Gasteiger partial charge in [0, 0.05) is 12.8 Å². The van der Waals surface area contributed by atoms with Gasteiger partial charge in [-0.05, 0) is 51.4 Å². The van der Waals surface area contributed by atoms with E-state index in [0.717, 1.165) is 70.6 Å². The highest BCUT2D eigenvalue weighted by molar-refractivity contribution is 5.70. The van der Waals surface area contributed by atoms with E-state index in [1.807, 2.05) is 21.1 Å². The van der Waals surface area contributed by atoms with Gasteiger partial charge in [-0.1, -0.05) is 320 Å². The average molecular weight is 1140 g/mol. The second-order valence-electron chi connectivity index (χ2n) is 25.2. The molecule has 0 aromatic carbocycles. The van der Waals surface area contributed by atoms with Crippen LogP contribution in [0.3, 0.4) is 0 Å². The first-order valence-electron chi connectivity index (χ1n) is 35.1. The second kappa shape index (κ2) is 63.5. The van der Waals surface area contributed by atoms with Crippen LogP contribution >= 0.6 is 0 Å². The van der Waals surface area contributed by atoms with E-state index >= 15 is 0 Å². The Labute approximate surface area is 502 Å². The van der Waals surface area contributed by atoms with Crippen molar-refractivity contribution in [1.82, 2.24) is 0 Å². The van der Waals surface area contributed by atoms with E-state index in [9.17, 15) is 19.5 Å². The number of esters is 2. The maximum atomic E-state index is 12.9. The molecule has 0 spiro atoms. The number of carbonyl (C=O) groups is 3. The lowest BCUT2D eigenvalue weighted by atomic mass is 10.0. The van der Waals surface area contributed by atoms with Crippen LogP contribution in [0, 0.1) is 0 Å². The first-order chi connectivity index (χ1) is 39.6. The van der Waals surface area contributed by atoms with Crippen molar-refractivity contribution in [1.29, 1.82) is 0 Å². The van der Waals surface area contributed by atoms with Gasteiger partial charge in [0.15, 0.2) is 12.4 Å². The van der Waals surface area contributed by atoms with Gasteiger partial charge < -0.3 is 33.3 Å². The van der Waals surface area contributed by atoms with Gasteiger partial charge in [-0.2, -0.15) is 0 Å². The van der Waals surface area contributed by atoms with Crippen molar-refractivity contribution in [2.45, 2.75) is 360 Å². The molecule has 0 N–H and O–H groups in total. The number of unbranched alkanes of at least 4 members (excludes halogenated alkanes) is 45. The van der Waals surface area contributed by atoms with E-state index in [4.69, 9.17) is 18.9 Å². The summed E-state index contributed by atoms with van der Waals surface area (Å²) < 4.78 is 22.8. The maximum absolute atomic E-state index is 12.9. The minimum atomic E-state index is -1.62. The number of quaternary nitrogens is 1. The number of aliphatic carboxylic acids is 1. The number of carboxylic acids is 1. The van der Waals surface area contributed by atoms with Crippen molar-refractivity contribution in [3.63, 3.8) is 0 Å². The van der Waals surface area contributed by atoms with E-state index in [0.29, 0.717) is 23.9 Å². The van der Waals surface area contributed by atoms with Crippen LogP contribution in [0.25, 0.3) is 0 Å². The minimum Gasteiger partial charge on any atom is -0.545 e. The molecule has 0 heterocycles. The summed E-state index contributed by atoms with van der Waals surface area (Å²) >= 11 is 0. The molecule has 2 atom stereocenters. The van der Waals surface area contributed by atoms with E-state index in [-0.39, 0.29) is 32.2 Å². The molecular formula is C72H135NO8. The van der Waals surface area contributed by atoms with Crippen molar-refractivity contribution in [3.8, 4) is 0 Å². The molecule has 476 valence electrons. The van der Waals surface area contributed by atoms with Gasteiger partial charge in [0.25, 0.3) is 0 Å². The summed E-state index contributed by atoms with van der Waals surface area (Å²) in [6.45, 7) is 4.78. The molecule has 9 heteroatoms. The Bertz CT molecular complexity index is 1420. The van der Waals surface area contributed by atoms with Crippen LogP contribution in [0.5, 0.6) is 0 Å². The number of carbonyl (C=O) groups excluding carboxylic acids is 3. The molecule has 0 fully saturated rings. The van der Waals surface area contributed by atoms with E-state index in [1.165, 1.54) is 244 Å². The van der Waals surface area contributed by atoms with Crippen LogP contribution in [0.2, 0.25) is 0 Å². The summed E-state index contributed by atoms with van der Waals surface area (Å²) in [6.07, 6.45) is 76.7. The van der Waals surface area contributed by atoms with Gasteiger partial charge in [0.2, 0.25) is 0 Å². The van der Waals surface area contributed by atoms with E-state index in [1.54, 1.807) is 0 Å². The van der Waals surface area contributed by atoms with Gasteiger partial charge in [0.05, 0.1) is 40.3 Å². The number of hydrogen-bond donors (Lipinski definition) is 0. The van der Waals surface area contributed by atoms with Crippen molar-refractivity contribution in [2.75, 3.05) is 47.5 Å². The first-order valence-corrected chi connectivity index (χ1v) is 35.1. The monoisotopic (exact) mass is 1140 g/mol. The van der Waals surface area contributed by atoms with Crippen molar-refractivity contribution >= 4 is 17.9 Å². The maximum Gasteiger partial charge on any atom is 0.306 e. The molecule has 9 nitrogen and oxygen atoms in total. The molecule has 0 radical (unpaired) electrons. The third kappa shape index (κ3) is 64.9. The molecule has 0 aromatic rings. The minimum absolute atomic E-state index is 0.146. The number of hydrogen-bond acceptors (Lipinski definition) is 8. The Balaban J connectivity index is 4.02. The summed E-state index contributed by atoms with van der Waals surface area (Å²) in [5, 5.41) is 11.8. The standard InChI is InChI=1S/C72H135NO8/c1-6-8-10-12-14-16-18-20-22-24-26-28-29-30-31-32-33-34-35-36-37-38-39-40-41-43-44-46-48-50-52-54-56-58-60-62-69(74)79-66-68(67-80-72(71(76)77)78-65-64-73(3,4)5)81-70(75)63-61-59-57-55-53-51-49-47-45-42-27-25-23-21-19-17-15-13-11-9-7-2/h19,21,25,27,45,47,68,72H,6-18,20,22-24,26,28-44,46,48-67H2,1-5H3/b21-19-,27-25-,47-45-. The quantitative estimate of drug-likeness (QED) is 0.0195. The van der Waals surface area contributed by atoms with Gasteiger partial charge in [-0.3, -0.25) is 9.59 Å². The molecule has 0 amide bonds. The van der Waals surface area contributed by atoms with Gasteiger partial charge in [0.1, 0.15) is 13.2 Å². The van der Waals surface area contributed by atoms with E-state index in [2.05, 4.69) is 50.3 Å². The molecule has 2 unspecified atom stereocenters. The molecule has 0 aliphatic heterocycles. The van der Waals surface area contributed by atoms with Crippen molar-refractivity contribution in [3.05, 3.63) is 36.5 Å². The highest BCUT2D eigenvalue weighted by Crippen LogP contribution is 2.19. The number of rotatable bonds is 66. The molecule has 0 aromatic heterocycles. The van der Waals surface area contributed by atoms with Crippen LogP contribution < -0.4 is 5.11 Å². The molecule has 0 rings (SSSR count). The summed E-state index contributed by atoms with van der Waals surface area (Å²) in [5.74, 6) is -2.28. The predicted octanol–water partition coefficient (Wildman–Crippen LogP) is 20.3. The normalized spacial score (nSPS) is 12.9. The van der Waals surface area contributed by atoms with Crippen molar-refractivity contribution < 1.29 is 42.9 Å². The smallest absolute Gasteiger partial charge is 0.306 e. The summed E-state index contributed by atoms with van der Waals surface area (Å²) in [6, 6.07) is 0. The lowest BCUT2D eigenvalue weighted by molar-refractivity contribution is -0.870. The molecule has 0 saturated carbocycles. The number of nitrogens with zero attached hydrogens (tertiary/aromatic N) is 1. The Morgan fingerprint density at radius 2 is 0.667 bits per heavy atom. The second-order valence-corrected chi connectivity index (χ2v) is 25.2. The SMILES string of the molecule is CCCCCCC/C=C\C/C=C\C/C=C\CCCCCCCCC(=O)OC(COC(=O)CCCCCCCCCCCCCCCCCCCCCCCCCCCCCCCCCCCCC)COC(OCC[N+](C)(C)C)C(=O)[O-]. The fourth-order valence-corrected chi connectivity index (χ4v) is 10.5. The first kappa shape index (κ1) is 78.5. The fraction of sp³-hybridized carbons (Fsp3) is 0.875. The zero-order chi connectivity index (χ0) is 59.1. The third-order valence-electron chi connectivity index (χ3n) is 15.9. The summed E-state index contributed by atoms with van der Waals surface area (Å²) in [7, 11) is 5.93. The van der Waals surface area contributed by atoms with Crippen LogP contribution in [0.4, 0.5) is 0 Å². The molecule has 0 aliphatic carbocycles. The number of ether oxygens (including phenoxy) is 4. The van der Waals surface area contributed by atoms with Crippen LogP contribution in [0.15, 0.2) is 36.5 Å². The van der Waals surface area contributed by atoms with Crippen LogP contribution in [-0.2, 0) is 33.3 Å². The molecule has 0 aliphatic rings. The lowest BCUT2D eigenvalue weighted by Gasteiger charge is -2.26. The van der Waals surface area contributed by atoms with Crippen molar-refractivity contribution in [2.24, 2.45) is 0 Å². The van der Waals surface area contributed by atoms with Crippen LogP contribution in [-0.4, -0.2) is 82.3 Å². The Morgan fingerprint density at radius 3 is 0.988 bits per heavy atom. The lowest BCUT2D eigenvalue weighted by Crippen LogP contribution is -2.44. The average Bonchev–Trinajstić information content (AvgIpc) is 3.44. The Kier molecular flexibility index (Phi) is 61.6. The van der Waals surface area contributed by atoms with Gasteiger partial charge in [-0.25, -0.2) is 0 Å². The zero-order valence-corrected chi connectivity index (χ0v) is 54.4. The number of likely N-dealkylation sites (N-methyl/N-ethyl adjacent to an activating group) is 1. The Hall–Kier alpha value is -2.49. The predicted molar refractivity (Wildman–Crippen MR) is 343 cm³/mol. The van der Waals surface area contributed by atoms with Gasteiger partial charge in [-0.15, -0.1) is 0 Å². The number of allylic oxidation sites excluding steroid dienone is 6. The molecule has 0 saturated heterocycles.